The molecule has 1 aliphatic heterocycles. The number of hydrogen-bond donors (Lipinski definition) is 1. The zero-order valence-corrected chi connectivity index (χ0v) is 13.6. The fourth-order valence-corrected chi connectivity index (χ4v) is 3.21. The van der Waals surface area contributed by atoms with Crippen LogP contribution in [0.25, 0.3) is 0 Å². The SMILES string of the molecule is CCNC(CC)CCCN1CCC(CN(C)C)CC1. The van der Waals surface area contributed by atoms with E-state index in [1.807, 2.05) is 0 Å². The van der Waals surface area contributed by atoms with E-state index in [0.29, 0.717) is 0 Å². The van der Waals surface area contributed by atoms with Gasteiger partial charge in [0.15, 0.2) is 0 Å². The van der Waals surface area contributed by atoms with Crippen LogP contribution in [0, 0.1) is 5.92 Å². The van der Waals surface area contributed by atoms with E-state index >= 15 is 0 Å². The maximum absolute atomic E-state index is 3.57. The maximum atomic E-state index is 3.57. The van der Waals surface area contributed by atoms with Crippen LogP contribution < -0.4 is 5.32 Å². The van der Waals surface area contributed by atoms with Crippen molar-refractivity contribution in [2.24, 2.45) is 5.92 Å². The molecule has 1 rings (SSSR count). The number of hydrogen-bond acceptors (Lipinski definition) is 3. The maximum Gasteiger partial charge on any atom is 0.00647 e. The molecule has 0 spiro atoms. The molecule has 0 bridgehead atoms. The Morgan fingerprint density at radius 2 is 1.89 bits per heavy atom. The van der Waals surface area contributed by atoms with Crippen molar-refractivity contribution in [2.75, 3.05) is 46.8 Å². The number of piperidine rings is 1. The molecule has 1 fully saturated rings. The molecule has 1 aliphatic rings. The number of likely N-dealkylation sites (tertiary alicyclic amines) is 1. The van der Waals surface area contributed by atoms with E-state index < -0.39 is 0 Å². The van der Waals surface area contributed by atoms with Crippen molar-refractivity contribution < 1.29 is 0 Å². The van der Waals surface area contributed by atoms with Crippen LogP contribution in [-0.2, 0) is 0 Å². The van der Waals surface area contributed by atoms with Gasteiger partial charge in [-0.05, 0) is 78.3 Å². The van der Waals surface area contributed by atoms with Crippen molar-refractivity contribution in [1.29, 1.82) is 0 Å². The zero-order chi connectivity index (χ0) is 14.1. The Labute approximate surface area is 120 Å². The van der Waals surface area contributed by atoms with Crippen LogP contribution in [0.5, 0.6) is 0 Å². The zero-order valence-electron chi connectivity index (χ0n) is 13.6. The van der Waals surface area contributed by atoms with E-state index in [1.54, 1.807) is 0 Å². The third-order valence-electron chi connectivity index (χ3n) is 4.34. The first-order valence-corrected chi connectivity index (χ1v) is 8.26. The van der Waals surface area contributed by atoms with Gasteiger partial charge in [0, 0.05) is 12.6 Å². The van der Waals surface area contributed by atoms with Crippen LogP contribution >= 0.6 is 0 Å². The molecule has 1 N–H and O–H groups in total. The topological polar surface area (TPSA) is 18.5 Å². The van der Waals surface area contributed by atoms with Crippen LogP contribution in [-0.4, -0.2) is 62.7 Å². The minimum Gasteiger partial charge on any atom is -0.314 e. The van der Waals surface area contributed by atoms with Crippen LogP contribution in [0.2, 0.25) is 0 Å². The lowest BCUT2D eigenvalue weighted by Crippen LogP contribution is -2.38. The second kappa shape index (κ2) is 9.73. The molecule has 0 amide bonds. The normalized spacial score (nSPS) is 20.1. The predicted molar refractivity (Wildman–Crippen MR) is 84.7 cm³/mol. The van der Waals surface area contributed by atoms with Gasteiger partial charge in [-0.15, -0.1) is 0 Å². The van der Waals surface area contributed by atoms with Crippen molar-refractivity contribution in [3.05, 3.63) is 0 Å². The molecule has 0 radical (unpaired) electrons. The highest BCUT2D eigenvalue weighted by Gasteiger charge is 2.19. The highest BCUT2D eigenvalue weighted by Crippen LogP contribution is 2.18. The number of nitrogens with one attached hydrogen (secondary N) is 1. The lowest BCUT2D eigenvalue weighted by Gasteiger charge is -2.33. The molecule has 0 aliphatic carbocycles. The Morgan fingerprint density at radius 3 is 2.42 bits per heavy atom. The summed E-state index contributed by atoms with van der Waals surface area (Å²) in [6.45, 7) is 10.8. The van der Waals surface area contributed by atoms with Crippen molar-refractivity contribution in [3.8, 4) is 0 Å². The molecule has 114 valence electrons. The van der Waals surface area contributed by atoms with Crippen LogP contribution in [0.3, 0.4) is 0 Å². The summed E-state index contributed by atoms with van der Waals surface area (Å²) in [6.07, 6.45) is 6.73. The molecule has 19 heavy (non-hydrogen) atoms. The lowest BCUT2D eigenvalue weighted by atomic mass is 9.96. The Morgan fingerprint density at radius 1 is 1.21 bits per heavy atom. The van der Waals surface area contributed by atoms with Crippen LogP contribution in [0.1, 0.15) is 46.0 Å². The summed E-state index contributed by atoms with van der Waals surface area (Å²) in [5.74, 6) is 0.927. The quantitative estimate of drug-likeness (QED) is 0.693. The van der Waals surface area contributed by atoms with E-state index in [-0.39, 0.29) is 0 Å². The summed E-state index contributed by atoms with van der Waals surface area (Å²) in [5.41, 5.74) is 0. The van der Waals surface area contributed by atoms with E-state index in [9.17, 15) is 0 Å². The van der Waals surface area contributed by atoms with Gasteiger partial charge in [0.05, 0.1) is 0 Å². The van der Waals surface area contributed by atoms with Crippen LogP contribution in [0.15, 0.2) is 0 Å². The summed E-state index contributed by atoms with van der Waals surface area (Å²) in [6, 6.07) is 0.733. The monoisotopic (exact) mass is 269 g/mol. The lowest BCUT2D eigenvalue weighted by molar-refractivity contribution is 0.159. The molecular weight excluding hydrogens is 234 g/mol. The molecule has 1 saturated heterocycles. The van der Waals surface area contributed by atoms with Gasteiger partial charge in [-0.1, -0.05) is 13.8 Å². The van der Waals surface area contributed by atoms with Crippen molar-refractivity contribution >= 4 is 0 Å². The first kappa shape index (κ1) is 16.9. The second-order valence-corrected chi connectivity index (χ2v) is 6.35. The Hall–Kier alpha value is -0.120. The fourth-order valence-electron chi connectivity index (χ4n) is 3.21. The third kappa shape index (κ3) is 7.28. The summed E-state index contributed by atoms with van der Waals surface area (Å²) in [5, 5.41) is 3.57. The van der Waals surface area contributed by atoms with Crippen molar-refractivity contribution in [1.82, 2.24) is 15.1 Å². The van der Waals surface area contributed by atoms with E-state index in [4.69, 9.17) is 0 Å². The van der Waals surface area contributed by atoms with Gasteiger partial charge in [0.2, 0.25) is 0 Å². The van der Waals surface area contributed by atoms with Crippen LogP contribution in [0.4, 0.5) is 0 Å². The summed E-state index contributed by atoms with van der Waals surface area (Å²) < 4.78 is 0. The molecule has 3 heteroatoms. The smallest absolute Gasteiger partial charge is 0.00647 e. The first-order chi connectivity index (χ1) is 9.15. The minimum atomic E-state index is 0.733. The standard InChI is InChI=1S/C16H35N3/c1-5-16(17-6-2)8-7-11-19-12-9-15(10-13-19)14-18(3)4/h15-17H,5-14H2,1-4H3. The summed E-state index contributed by atoms with van der Waals surface area (Å²) in [7, 11) is 4.38. The minimum absolute atomic E-state index is 0.733. The van der Waals surface area contributed by atoms with Gasteiger partial charge in [-0.25, -0.2) is 0 Å². The second-order valence-electron chi connectivity index (χ2n) is 6.35. The van der Waals surface area contributed by atoms with E-state index in [2.05, 4.69) is 43.1 Å². The molecule has 0 saturated carbocycles. The Kier molecular flexibility index (Phi) is 8.67. The Bertz CT molecular complexity index is 210. The molecule has 1 heterocycles. The third-order valence-corrected chi connectivity index (χ3v) is 4.34. The highest BCUT2D eigenvalue weighted by molar-refractivity contribution is 4.74. The Balaban J connectivity index is 2.09. The summed E-state index contributed by atoms with van der Waals surface area (Å²) >= 11 is 0. The average molecular weight is 269 g/mol. The molecule has 0 aromatic heterocycles. The molecule has 0 aromatic rings. The molecule has 1 atom stereocenters. The van der Waals surface area contributed by atoms with E-state index in [0.717, 1.165) is 18.5 Å². The van der Waals surface area contributed by atoms with Gasteiger partial charge in [0.1, 0.15) is 0 Å². The largest absolute Gasteiger partial charge is 0.314 e. The summed E-state index contributed by atoms with van der Waals surface area (Å²) in [4.78, 5) is 5.01. The molecule has 1 unspecified atom stereocenters. The number of nitrogens with zero attached hydrogens (tertiary/aromatic N) is 2. The predicted octanol–water partition coefficient (Wildman–Crippen LogP) is 2.43. The molecule has 3 nitrogen and oxygen atoms in total. The van der Waals surface area contributed by atoms with Gasteiger partial charge in [-0.3, -0.25) is 0 Å². The highest BCUT2D eigenvalue weighted by atomic mass is 15.1. The van der Waals surface area contributed by atoms with Gasteiger partial charge in [0.25, 0.3) is 0 Å². The van der Waals surface area contributed by atoms with Gasteiger partial charge in [-0.2, -0.15) is 0 Å². The molecular formula is C16H35N3. The van der Waals surface area contributed by atoms with Gasteiger partial charge < -0.3 is 15.1 Å². The average Bonchev–Trinajstić information content (AvgIpc) is 2.39. The van der Waals surface area contributed by atoms with E-state index in [1.165, 1.54) is 58.3 Å². The van der Waals surface area contributed by atoms with Gasteiger partial charge >= 0.3 is 0 Å². The van der Waals surface area contributed by atoms with Crippen molar-refractivity contribution in [3.63, 3.8) is 0 Å². The number of rotatable bonds is 9. The molecule has 0 aromatic carbocycles. The van der Waals surface area contributed by atoms with Crippen molar-refractivity contribution in [2.45, 2.75) is 52.0 Å². The first-order valence-electron chi connectivity index (χ1n) is 8.26. The fraction of sp³-hybridized carbons (Fsp3) is 1.00.